The van der Waals surface area contributed by atoms with Crippen LogP contribution in [0.3, 0.4) is 0 Å². The van der Waals surface area contributed by atoms with Gasteiger partial charge in [0.1, 0.15) is 30.1 Å². The number of aliphatic hydroxyl groups is 4. The first-order valence-corrected chi connectivity index (χ1v) is 8.16. The van der Waals surface area contributed by atoms with Crippen molar-refractivity contribution < 1.29 is 29.9 Å². The third-order valence-corrected chi connectivity index (χ3v) is 4.22. The highest BCUT2D eigenvalue weighted by Gasteiger charge is 2.44. The zero-order valence-corrected chi connectivity index (χ0v) is 13.9. The van der Waals surface area contributed by atoms with Crippen LogP contribution in [0.2, 0.25) is 0 Å². The Morgan fingerprint density at radius 1 is 1.12 bits per heavy atom. The van der Waals surface area contributed by atoms with Gasteiger partial charge in [-0.1, -0.05) is 17.3 Å². The monoisotopic (exact) mass is 366 g/mol. The van der Waals surface area contributed by atoms with Gasteiger partial charge in [-0.3, -0.25) is 0 Å². The molecule has 1 aliphatic heterocycles. The lowest BCUT2D eigenvalue weighted by Gasteiger charge is -2.39. The van der Waals surface area contributed by atoms with Crippen LogP contribution in [0, 0.1) is 0 Å². The standard InChI is InChI=1S/C16H22N4O6/c17-5-9-1-3-11(4-2-9)20-6-10(18-19-20)8-25-16-15(24)14(23)13(22)12(7-21)26-16/h1-4,6,12-16,21-24H,5,7-8,17H2/t12?,13-,14?,15?,16-/m1/s1. The second-order valence-corrected chi connectivity index (χ2v) is 6.03. The molecule has 2 aromatic rings. The van der Waals surface area contributed by atoms with Crippen LogP contribution in [0.4, 0.5) is 0 Å². The predicted molar refractivity (Wildman–Crippen MR) is 87.8 cm³/mol. The van der Waals surface area contributed by atoms with Crippen LogP contribution >= 0.6 is 0 Å². The summed E-state index contributed by atoms with van der Waals surface area (Å²) >= 11 is 0. The second kappa shape index (κ2) is 8.18. The summed E-state index contributed by atoms with van der Waals surface area (Å²) in [5.41, 5.74) is 7.85. The molecule has 6 N–H and O–H groups in total. The third-order valence-electron chi connectivity index (χ3n) is 4.22. The largest absolute Gasteiger partial charge is 0.394 e. The number of hydrogen-bond donors (Lipinski definition) is 5. The number of nitrogens with zero attached hydrogens (tertiary/aromatic N) is 3. The number of rotatable bonds is 6. The second-order valence-electron chi connectivity index (χ2n) is 6.03. The molecule has 0 bridgehead atoms. The minimum Gasteiger partial charge on any atom is -0.394 e. The molecule has 0 amide bonds. The van der Waals surface area contributed by atoms with E-state index in [9.17, 15) is 15.3 Å². The first-order valence-electron chi connectivity index (χ1n) is 8.16. The van der Waals surface area contributed by atoms with E-state index >= 15 is 0 Å². The summed E-state index contributed by atoms with van der Waals surface area (Å²) in [5, 5.41) is 46.6. The predicted octanol–water partition coefficient (Wildman–Crippen LogP) is -1.96. The molecule has 0 spiro atoms. The molecule has 0 radical (unpaired) electrons. The van der Waals surface area contributed by atoms with Crippen LogP contribution in [-0.4, -0.2) is 72.7 Å². The fourth-order valence-electron chi connectivity index (χ4n) is 2.65. The van der Waals surface area contributed by atoms with Crippen molar-refractivity contribution in [2.75, 3.05) is 6.61 Å². The van der Waals surface area contributed by atoms with E-state index in [-0.39, 0.29) is 6.61 Å². The lowest BCUT2D eigenvalue weighted by Crippen LogP contribution is -2.59. The Kier molecular flexibility index (Phi) is 5.94. The van der Waals surface area contributed by atoms with E-state index in [0.29, 0.717) is 12.2 Å². The van der Waals surface area contributed by atoms with Crippen molar-refractivity contribution in [1.29, 1.82) is 0 Å². The normalized spacial score (nSPS) is 29.0. The number of nitrogens with two attached hydrogens (primary N) is 1. The van der Waals surface area contributed by atoms with Gasteiger partial charge in [0, 0.05) is 6.54 Å². The van der Waals surface area contributed by atoms with Crippen molar-refractivity contribution in [3.63, 3.8) is 0 Å². The lowest BCUT2D eigenvalue weighted by molar-refractivity contribution is -0.304. The van der Waals surface area contributed by atoms with Crippen molar-refractivity contribution in [2.45, 2.75) is 43.9 Å². The molecule has 0 aliphatic carbocycles. The van der Waals surface area contributed by atoms with Crippen molar-refractivity contribution in [3.8, 4) is 5.69 Å². The van der Waals surface area contributed by atoms with E-state index in [2.05, 4.69) is 10.3 Å². The van der Waals surface area contributed by atoms with Crippen LogP contribution in [0.1, 0.15) is 11.3 Å². The van der Waals surface area contributed by atoms with E-state index in [1.54, 1.807) is 10.9 Å². The molecule has 3 unspecified atom stereocenters. The molecule has 0 saturated carbocycles. The maximum absolute atomic E-state index is 9.94. The summed E-state index contributed by atoms with van der Waals surface area (Å²) in [6.07, 6.45) is -4.93. The first-order chi connectivity index (χ1) is 12.5. The Morgan fingerprint density at radius 2 is 1.85 bits per heavy atom. The summed E-state index contributed by atoms with van der Waals surface area (Å²) in [5.74, 6) is 0. The number of ether oxygens (including phenoxy) is 2. The van der Waals surface area contributed by atoms with Crippen molar-refractivity contribution in [2.24, 2.45) is 5.73 Å². The SMILES string of the molecule is NCc1ccc(-n2cc(CO[C@@H]3OC(CO)[C@@H](O)C(O)C3O)nn2)cc1. The van der Waals surface area contributed by atoms with Gasteiger partial charge in [-0.25, -0.2) is 4.68 Å². The summed E-state index contributed by atoms with van der Waals surface area (Å²) in [6, 6.07) is 7.50. The van der Waals surface area contributed by atoms with E-state index in [0.717, 1.165) is 11.3 Å². The van der Waals surface area contributed by atoms with E-state index in [4.69, 9.17) is 20.3 Å². The fourth-order valence-corrected chi connectivity index (χ4v) is 2.65. The molecule has 1 aromatic heterocycles. The van der Waals surface area contributed by atoms with E-state index in [1.807, 2.05) is 24.3 Å². The Morgan fingerprint density at radius 3 is 2.50 bits per heavy atom. The highest BCUT2D eigenvalue weighted by atomic mass is 16.7. The number of hydrogen-bond acceptors (Lipinski definition) is 9. The minimum absolute atomic E-state index is 0.0381. The van der Waals surface area contributed by atoms with Crippen molar-refractivity contribution in [1.82, 2.24) is 15.0 Å². The third kappa shape index (κ3) is 3.91. The molecule has 1 aromatic carbocycles. The Hall–Kier alpha value is -1.92. The zero-order valence-electron chi connectivity index (χ0n) is 13.9. The highest BCUT2D eigenvalue weighted by molar-refractivity contribution is 5.33. The average molecular weight is 366 g/mol. The topological polar surface area (TPSA) is 156 Å². The van der Waals surface area contributed by atoms with Gasteiger partial charge in [-0.2, -0.15) is 0 Å². The quantitative estimate of drug-likeness (QED) is 0.392. The molecular formula is C16H22N4O6. The number of aromatic nitrogens is 3. The van der Waals surface area contributed by atoms with Gasteiger partial charge in [0.25, 0.3) is 0 Å². The smallest absolute Gasteiger partial charge is 0.187 e. The maximum atomic E-state index is 9.94. The van der Waals surface area contributed by atoms with Crippen LogP contribution in [0.15, 0.2) is 30.5 Å². The number of benzene rings is 1. The van der Waals surface area contributed by atoms with Crippen LogP contribution < -0.4 is 5.73 Å². The zero-order chi connectivity index (χ0) is 18.7. The summed E-state index contributed by atoms with van der Waals surface area (Å²) < 4.78 is 12.3. The van der Waals surface area contributed by atoms with Gasteiger partial charge >= 0.3 is 0 Å². The Balaban J connectivity index is 1.62. The minimum atomic E-state index is -1.48. The first kappa shape index (κ1) is 18.9. The van der Waals surface area contributed by atoms with E-state index in [1.165, 1.54) is 0 Å². The van der Waals surface area contributed by atoms with Gasteiger partial charge in [0.05, 0.1) is 25.1 Å². The molecule has 10 heteroatoms. The molecule has 5 atom stereocenters. The van der Waals surface area contributed by atoms with Crippen LogP contribution in [0.5, 0.6) is 0 Å². The molecule has 2 heterocycles. The number of aliphatic hydroxyl groups excluding tert-OH is 4. The van der Waals surface area contributed by atoms with Gasteiger partial charge in [0.15, 0.2) is 6.29 Å². The Bertz CT molecular complexity index is 707. The average Bonchev–Trinajstić information content (AvgIpc) is 3.15. The van der Waals surface area contributed by atoms with Gasteiger partial charge in [0.2, 0.25) is 0 Å². The summed E-state index contributed by atoms with van der Waals surface area (Å²) in [7, 11) is 0. The summed E-state index contributed by atoms with van der Waals surface area (Å²) in [6.45, 7) is -0.0980. The Labute approximate surface area is 149 Å². The summed E-state index contributed by atoms with van der Waals surface area (Å²) in [4.78, 5) is 0. The maximum Gasteiger partial charge on any atom is 0.187 e. The highest BCUT2D eigenvalue weighted by Crippen LogP contribution is 2.22. The molecule has 142 valence electrons. The molecule has 1 fully saturated rings. The van der Waals surface area contributed by atoms with Gasteiger partial charge in [-0.15, -0.1) is 5.10 Å². The molecule has 1 saturated heterocycles. The van der Waals surface area contributed by atoms with Crippen LogP contribution in [0.25, 0.3) is 5.69 Å². The van der Waals surface area contributed by atoms with Crippen molar-refractivity contribution >= 4 is 0 Å². The van der Waals surface area contributed by atoms with Gasteiger partial charge in [-0.05, 0) is 17.7 Å². The molecule has 1 aliphatic rings. The molecule has 10 nitrogen and oxygen atoms in total. The van der Waals surface area contributed by atoms with Gasteiger partial charge < -0.3 is 35.6 Å². The van der Waals surface area contributed by atoms with Crippen LogP contribution in [-0.2, 0) is 22.6 Å². The lowest BCUT2D eigenvalue weighted by atomic mass is 9.99. The van der Waals surface area contributed by atoms with Crippen molar-refractivity contribution in [3.05, 3.63) is 41.7 Å². The molecule has 3 rings (SSSR count). The molecule has 26 heavy (non-hydrogen) atoms. The molecular weight excluding hydrogens is 344 g/mol. The fraction of sp³-hybridized carbons (Fsp3) is 0.500. The van der Waals surface area contributed by atoms with E-state index < -0.39 is 37.3 Å².